The molecule has 2 aromatic carbocycles. The molecule has 0 unspecified atom stereocenters. The van der Waals surface area contributed by atoms with Gasteiger partial charge in [-0.2, -0.15) is 0 Å². The summed E-state index contributed by atoms with van der Waals surface area (Å²) in [5, 5.41) is 1.28. The van der Waals surface area contributed by atoms with Gasteiger partial charge in [-0.1, -0.05) is 41.4 Å². The molecule has 0 aromatic heterocycles. The highest BCUT2D eigenvalue weighted by Gasteiger charge is 2.06. The van der Waals surface area contributed by atoms with Crippen molar-refractivity contribution in [1.82, 2.24) is 0 Å². The number of hydrogen-bond acceptors (Lipinski definition) is 1. The number of benzene rings is 2. The minimum absolute atomic E-state index is 0.637. The van der Waals surface area contributed by atoms with E-state index >= 15 is 0 Å². The Morgan fingerprint density at radius 2 is 1.76 bits per heavy atom. The van der Waals surface area contributed by atoms with E-state index in [1.807, 2.05) is 37.3 Å². The Hall–Kier alpha value is -1.18. The van der Waals surface area contributed by atoms with Crippen LogP contribution in [0.15, 0.2) is 36.4 Å². The number of halogens is 2. The first-order valence-electron chi connectivity index (χ1n) is 5.22. The van der Waals surface area contributed by atoms with Gasteiger partial charge in [0, 0.05) is 15.6 Å². The number of aryl methyl sites for hydroxylation is 1. The Labute approximate surface area is 111 Å². The summed E-state index contributed by atoms with van der Waals surface area (Å²) in [6.45, 7) is 2.01. The average Bonchev–Trinajstić information content (AvgIpc) is 2.30. The van der Waals surface area contributed by atoms with Crippen molar-refractivity contribution in [2.45, 2.75) is 6.92 Å². The lowest BCUT2D eigenvalue weighted by Crippen LogP contribution is -1.88. The van der Waals surface area contributed by atoms with Gasteiger partial charge in [0.05, 0.1) is 7.11 Å². The standard InChI is InChI=1S/C14H12Cl2O/c1-9-3-4-10(7-14(9)17-2)12-6-5-11(15)8-13(12)16/h3-8H,1-2H3. The van der Waals surface area contributed by atoms with Crippen LogP contribution in [-0.4, -0.2) is 7.11 Å². The SMILES string of the molecule is COc1cc(-c2ccc(Cl)cc2Cl)ccc1C. The van der Waals surface area contributed by atoms with Gasteiger partial charge in [0.25, 0.3) is 0 Å². The van der Waals surface area contributed by atoms with Gasteiger partial charge in [-0.3, -0.25) is 0 Å². The lowest BCUT2D eigenvalue weighted by molar-refractivity contribution is 0.412. The molecule has 0 bridgehead atoms. The molecule has 0 amide bonds. The Kier molecular flexibility index (Phi) is 3.60. The van der Waals surface area contributed by atoms with E-state index in [2.05, 4.69) is 0 Å². The van der Waals surface area contributed by atoms with Gasteiger partial charge in [0.2, 0.25) is 0 Å². The minimum atomic E-state index is 0.637. The van der Waals surface area contributed by atoms with E-state index in [4.69, 9.17) is 27.9 Å². The van der Waals surface area contributed by atoms with Crippen molar-refractivity contribution in [3.05, 3.63) is 52.0 Å². The summed E-state index contributed by atoms with van der Waals surface area (Å²) < 4.78 is 5.30. The topological polar surface area (TPSA) is 9.23 Å². The predicted molar refractivity (Wildman–Crippen MR) is 73.2 cm³/mol. The van der Waals surface area contributed by atoms with Crippen molar-refractivity contribution in [1.29, 1.82) is 0 Å². The summed E-state index contributed by atoms with van der Waals surface area (Å²) in [6.07, 6.45) is 0. The molecule has 0 saturated carbocycles. The van der Waals surface area contributed by atoms with Crippen molar-refractivity contribution < 1.29 is 4.74 Å². The molecule has 0 radical (unpaired) electrons. The molecule has 1 nitrogen and oxygen atoms in total. The van der Waals surface area contributed by atoms with Gasteiger partial charge < -0.3 is 4.74 Å². The van der Waals surface area contributed by atoms with Crippen molar-refractivity contribution in [2.24, 2.45) is 0 Å². The highest BCUT2D eigenvalue weighted by atomic mass is 35.5. The van der Waals surface area contributed by atoms with E-state index in [1.54, 1.807) is 13.2 Å². The second-order valence-corrected chi connectivity index (χ2v) is 4.65. The zero-order valence-electron chi connectivity index (χ0n) is 9.63. The van der Waals surface area contributed by atoms with Crippen molar-refractivity contribution >= 4 is 23.2 Å². The Balaban J connectivity index is 2.53. The third kappa shape index (κ3) is 2.56. The van der Waals surface area contributed by atoms with Crippen LogP contribution in [0.3, 0.4) is 0 Å². The molecule has 3 heteroatoms. The first kappa shape index (κ1) is 12.3. The van der Waals surface area contributed by atoms with E-state index in [-0.39, 0.29) is 0 Å². The monoisotopic (exact) mass is 266 g/mol. The van der Waals surface area contributed by atoms with Crippen LogP contribution in [0.1, 0.15) is 5.56 Å². The molecule has 0 fully saturated rings. The molecule has 0 spiro atoms. The fraction of sp³-hybridized carbons (Fsp3) is 0.143. The Morgan fingerprint density at radius 1 is 1.00 bits per heavy atom. The molecule has 0 aliphatic rings. The molecule has 88 valence electrons. The van der Waals surface area contributed by atoms with Gasteiger partial charge in [0.1, 0.15) is 5.75 Å². The lowest BCUT2D eigenvalue weighted by atomic mass is 10.0. The van der Waals surface area contributed by atoms with Crippen LogP contribution in [0.25, 0.3) is 11.1 Å². The third-order valence-electron chi connectivity index (χ3n) is 2.65. The van der Waals surface area contributed by atoms with Gasteiger partial charge >= 0.3 is 0 Å². The van der Waals surface area contributed by atoms with Gasteiger partial charge in [0.15, 0.2) is 0 Å². The van der Waals surface area contributed by atoms with Crippen LogP contribution in [0.2, 0.25) is 10.0 Å². The second-order valence-electron chi connectivity index (χ2n) is 3.81. The van der Waals surface area contributed by atoms with Crippen molar-refractivity contribution in [3.63, 3.8) is 0 Å². The van der Waals surface area contributed by atoms with Gasteiger partial charge in [-0.05, 0) is 36.2 Å². The maximum atomic E-state index is 6.17. The van der Waals surface area contributed by atoms with Crippen LogP contribution in [0.5, 0.6) is 5.75 Å². The van der Waals surface area contributed by atoms with E-state index < -0.39 is 0 Å². The van der Waals surface area contributed by atoms with E-state index in [9.17, 15) is 0 Å². The molecular formula is C14H12Cl2O. The first-order valence-corrected chi connectivity index (χ1v) is 5.97. The Morgan fingerprint density at radius 3 is 2.41 bits per heavy atom. The van der Waals surface area contributed by atoms with E-state index in [1.165, 1.54) is 0 Å². The molecule has 0 heterocycles. The molecule has 2 aromatic rings. The summed E-state index contributed by atoms with van der Waals surface area (Å²) in [5.74, 6) is 0.855. The maximum Gasteiger partial charge on any atom is 0.122 e. The summed E-state index contributed by atoms with van der Waals surface area (Å²) in [5.41, 5.74) is 3.07. The quantitative estimate of drug-likeness (QED) is 0.745. The van der Waals surface area contributed by atoms with Gasteiger partial charge in [-0.15, -0.1) is 0 Å². The fourth-order valence-electron chi connectivity index (χ4n) is 1.71. The summed E-state index contributed by atoms with van der Waals surface area (Å²) in [7, 11) is 1.66. The number of hydrogen-bond donors (Lipinski definition) is 0. The van der Waals surface area contributed by atoms with Crippen molar-refractivity contribution in [2.75, 3.05) is 7.11 Å². The second kappa shape index (κ2) is 4.99. The zero-order valence-corrected chi connectivity index (χ0v) is 11.1. The van der Waals surface area contributed by atoms with Gasteiger partial charge in [-0.25, -0.2) is 0 Å². The minimum Gasteiger partial charge on any atom is -0.496 e. The van der Waals surface area contributed by atoms with E-state index in [0.717, 1.165) is 22.4 Å². The largest absolute Gasteiger partial charge is 0.496 e. The van der Waals surface area contributed by atoms with Crippen LogP contribution < -0.4 is 4.74 Å². The number of rotatable bonds is 2. The normalized spacial score (nSPS) is 10.4. The highest BCUT2D eigenvalue weighted by Crippen LogP contribution is 2.33. The fourth-order valence-corrected chi connectivity index (χ4v) is 2.23. The molecule has 0 aliphatic heterocycles. The summed E-state index contributed by atoms with van der Waals surface area (Å²) in [4.78, 5) is 0. The molecule has 2 rings (SSSR count). The predicted octanol–water partition coefficient (Wildman–Crippen LogP) is 4.98. The summed E-state index contributed by atoms with van der Waals surface area (Å²) in [6, 6.07) is 11.5. The third-order valence-corrected chi connectivity index (χ3v) is 3.20. The summed E-state index contributed by atoms with van der Waals surface area (Å²) >= 11 is 12.1. The molecule has 0 N–H and O–H groups in total. The van der Waals surface area contributed by atoms with Crippen LogP contribution in [0, 0.1) is 6.92 Å². The molecule has 0 saturated heterocycles. The van der Waals surface area contributed by atoms with Crippen LogP contribution in [0.4, 0.5) is 0 Å². The zero-order chi connectivity index (χ0) is 12.4. The molecule has 0 aliphatic carbocycles. The highest BCUT2D eigenvalue weighted by molar-refractivity contribution is 6.36. The van der Waals surface area contributed by atoms with Crippen LogP contribution in [-0.2, 0) is 0 Å². The molecular weight excluding hydrogens is 255 g/mol. The molecule has 0 atom stereocenters. The maximum absolute atomic E-state index is 6.17. The number of ether oxygens (including phenoxy) is 1. The lowest BCUT2D eigenvalue weighted by Gasteiger charge is -2.09. The average molecular weight is 267 g/mol. The number of methoxy groups -OCH3 is 1. The smallest absolute Gasteiger partial charge is 0.122 e. The molecule has 17 heavy (non-hydrogen) atoms. The first-order chi connectivity index (χ1) is 8.11. The Bertz CT molecular complexity index is 550. The van der Waals surface area contributed by atoms with Crippen LogP contribution >= 0.6 is 23.2 Å². The van der Waals surface area contributed by atoms with E-state index in [0.29, 0.717) is 10.0 Å². The van der Waals surface area contributed by atoms with Crippen molar-refractivity contribution in [3.8, 4) is 16.9 Å².